The van der Waals surface area contributed by atoms with Gasteiger partial charge in [0.1, 0.15) is 0 Å². The van der Waals surface area contributed by atoms with E-state index < -0.39 is 11.6 Å². The third kappa shape index (κ3) is 4.97. The van der Waals surface area contributed by atoms with E-state index in [9.17, 15) is 9.90 Å². The summed E-state index contributed by atoms with van der Waals surface area (Å²) in [5.41, 5.74) is -0.500. The van der Waals surface area contributed by atoms with E-state index >= 15 is 0 Å². The molecule has 94 valence electrons. The molecule has 0 radical (unpaired) electrons. The van der Waals surface area contributed by atoms with Gasteiger partial charge in [0.05, 0.1) is 17.8 Å². The summed E-state index contributed by atoms with van der Waals surface area (Å²) in [6, 6.07) is 8.70. The molecule has 4 nitrogen and oxygen atoms in total. The molecule has 0 aliphatic heterocycles. The molecule has 17 heavy (non-hydrogen) atoms. The van der Waals surface area contributed by atoms with Crippen molar-refractivity contribution in [3.05, 3.63) is 35.9 Å². The van der Waals surface area contributed by atoms with Crippen molar-refractivity contribution >= 4 is 5.97 Å². The molecular weight excluding hydrogens is 220 g/mol. The molecule has 0 aliphatic rings. The van der Waals surface area contributed by atoms with E-state index in [1.54, 1.807) is 31.2 Å². The van der Waals surface area contributed by atoms with Gasteiger partial charge < -0.3 is 14.9 Å². The van der Waals surface area contributed by atoms with Gasteiger partial charge in [-0.1, -0.05) is 18.2 Å². The highest BCUT2D eigenvalue weighted by Gasteiger charge is 2.20. The summed E-state index contributed by atoms with van der Waals surface area (Å²) in [6.45, 7) is 1.67. The van der Waals surface area contributed by atoms with Crippen molar-refractivity contribution in [1.82, 2.24) is 0 Å². The molecule has 1 rings (SSSR count). The molecular formula is C13H18O4. The van der Waals surface area contributed by atoms with E-state index in [-0.39, 0.29) is 19.6 Å². The second-order valence-corrected chi connectivity index (χ2v) is 4.22. The van der Waals surface area contributed by atoms with Crippen molar-refractivity contribution < 1.29 is 19.7 Å². The third-order valence-corrected chi connectivity index (χ3v) is 2.53. The molecule has 0 aliphatic carbocycles. The van der Waals surface area contributed by atoms with Crippen molar-refractivity contribution in [3.8, 4) is 0 Å². The summed E-state index contributed by atoms with van der Waals surface area (Å²) in [5.74, 6) is -0.398. The molecule has 0 fully saturated rings. The number of esters is 1. The number of ether oxygens (including phenoxy) is 1. The average molecular weight is 238 g/mol. The van der Waals surface area contributed by atoms with Crippen LogP contribution < -0.4 is 0 Å². The van der Waals surface area contributed by atoms with Crippen LogP contribution in [-0.2, 0) is 4.74 Å². The zero-order valence-electron chi connectivity index (χ0n) is 9.93. The van der Waals surface area contributed by atoms with Crippen molar-refractivity contribution in [2.75, 3.05) is 13.2 Å². The summed E-state index contributed by atoms with van der Waals surface area (Å²) in [4.78, 5) is 11.5. The lowest BCUT2D eigenvalue weighted by molar-refractivity contribution is 0.000920. The van der Waals surface area contributed by atoms with Crippen LogP contribution in [0, 0.1) is 0 Å². The molecule has 0 saturated carbocycles. The monoisotopic (exact) mass is 238 g/mol. The standard InChI is InChI=1S/C13H18O4/c1-13(16,7-9-14)8-10-17-12(15)11-5-3-2-4-6-11/h2-6,14,16H,7-10H2,1H3/t13-/m0/s1. The first-order chi connectivity index (χ1) is 8.05. The second kappa shape index (κ2) is 6.37. The molecule has 0 unspecified atom stereocenters. The van der Waals surface area contributed by atoms with Crippen LogP contribution in [0.1, 0.15) is 30.1 Å². The number of hydrogen-bond donors (Lipinski definition) is 2. The predicted octanol–water partition coefficient (Wildman–Crippen LogP) is 1.37. The summed E-state index contributed by atoms with van der Waals surface area (Å²) in [5, 5.41) is 18.5. The zero-order chi connectivity index (χ0) is 12.7. The zero-order valence-corrected chi connectivity index (χ0v) is 9.93. The summed E-state index contributed by atoms with van der Waals surface area (Å²) in [6.07, 6.45) is 0.585. The number of aliphatic hydroxyl groups excluding tert-OH is 1. The van der Waals surface area contributed by atoms with Gasteiger partial charge in [-0.15, -0.1) is 0 Å². The number of aliphatic hydroxyl groups is 2. The maximum Gasteiger partial charge on any atom is 0.338 e. The number of benzene rings is 1. The van der Waals surface area contributed by atoms with E-state index in [0.29, 0.717) is 12.0 Å². The van der Waals surface area contributed by atoms with Crippen molar-refractivity contribution in [2.45, 2.75) is 25.4 Å². The van der Waals surface area contributed by atoms with Crippen LogP contribution in [0.15, 0.2) is 30.3 Å². The van der Waals surface area contributed by atoms with Crippen LogP contribution in [0.3, 0.4) is 0 Å². The molecule has 0 spiro atoms. The Balaban J connectivity index is 2.35. The molecule has 0 saturated heterocycles. The Bertz CT molecular complexity index is 346. The fourth-order valence-electron chi connectivity index (χ4n) is 1.39. The Morgan fingerprint density at radius 3 is 2.53 bits per heavy atom. The smallest absolute Gasteiger partial charge is 0.338 e. The summed E-state index contributed by atoms with van der Waals surface area (Å²) < 4.78 is 5.03. The SMILES string of the molecule is C[C@](O)(CCO)CCOC(=O)c1ccccc1. The van der Waals surface area contributed by atoms with E-state index in [1.807, 2.05) is 6.07 Å². The number of carbonyl (C=O) groups excluding carboxylic acids is 1. The van der Waals surface area contributed by atoms with Crippen LogP contribution in [0.4, 0.5) is 0 Å². The van der Waals surface area contributed by atoms with Crippen molar-refractivity contribution in [1.29, 1.82) is 0 Å². The van der Waals surface area contributed by atoms with Crippen LogP contribution in [0.5, 0.6) is 0 Å². The minimum atomic E-state index is -0.994. The lowest BCUT2D eigenvalue weighted by Crippen LogP contribution is -2.28. The molecule has 1 aromatic rings. The highest BCUT2D eigenvalue weighted by Crippen LogP contribution is 2.14. The molecule has 0 heterocycles. The Labute approximate surface area is 101 Å². The van der Waals surface area contributed by atoms with E-state index in [1.165, 1.54) is 0 Å². The molecule has 0 aromatic heterocycles. The van der Waals surface area contributed by atoms with Gasteiger partial charge in [0.15, 0.2) is 0 Å². The highest BCUT2D eigenvalue weighted by atomic mass is 16.5. The molecule has 4 heteroatoms. The van der Waals surface area contributed by atoms with E-state index in [4.69, 9.17) is 9.84 Å². The Hall–Kier alpha value is -1.39. The maximum atomic E-state index is 11.5. The summed E-state index contributed by atoms with van der Waals surface area (Å²) >= 11 is 0. The normalized spacial score (nSPS) is 14.1. The van der Waals surface area contributed by atoms with E-state index in [2.05, 4.69) is 0 Å². The van der Waals surface area contributed by atoms with Crippen LogP contribution >= 0.6 is 0 Å². The minimum Gasteiger partial charge on any atom is -0.462 e. The number of hydrogen-bond acceptors (Lipinski definition) is 4. The predicted molar refractivity (Wildman–Crippen MR) is 63.7 cm³/mol. The van der Waals surface area contributed by atoms with Gasteiger partial charge >= 0.3 is 5.97 Å². The summed E-state index contributed by atoms with van der Waals surface area (Å²) in [7, 11) is 0. The number of carbonyl (C=O) groups is 1. The lowest BCUT2D eigenvalue weighted by Gasteiger charge is -2.21. The molecule has 1 atom stereocenters. The van der Waals surface area contributed by atoms with Crippen LogP contribution in [0.25, 0.3) is 0 Å². The quantitative estimate of drug-likeness (QED) is 0.734. The van der Waals surface area contributed by atoms with Gasteiger partial charge in [0.2, 0.25) is 0 Å². The molecule has 0 amide bonds. The van der Waals surface area contributed by atoms with Gasteiger partial charge in [0.25, 0.3) is 0 Å². The highest BCUT2D eigenvalue weighted by molar-refractivity contribution is 5.89. The third-order valence-electron chi connectivity index (χ3n) is 2.53. The molecule has 1 aromatic carbocycles. The molecule has 2 N–H and O–H groups in total. The first kappa shape index (κ1) is 13.7. The Morgan fingerprint density at radius 1 is 1.29 bits per heavy atom. The molecule has 0 bridgehead atoms. The van der Waals surface area contributed by atoms with Gasteiger partial charge in [-0.2, -0.15) is 0 Å². The largest absolute Gasteiger partial charge is 0.462 e. The fraction of sp³-hybridized carbons (Fsp3) is 0.462. The fourth-order valence-corrected chi connectivity index (χ4v) is 1.39. The first-order valence-electron chi connectivity index (χ1n) is 5.60. The topological polar surface area (TPSA) is 66.8 Å². The average Bonchev–Trinajstić information content (AvgIpc) is 2.29. The van der Waals surface area contributed by atoms with Gasteiger partial charge in [-0.25, -0.2) is 4.79 Å². The van der Waals surface area contributed by atoms with Gasteiger partial charge in [-0.3, -0.25) is 0 Å². The van der Waals surface area contributed by atoms with Crippen molar-refractivity contribution in [2.24, 2.45) is 0 Å². The van der Waals surface area contributed by atoms with Crippen molar-refractivity contribution in [3.63, 3.8) is 0 Å². The Morgan fingerprint density at radius 2 is 1.94 bits per heavy atom. The maximum absolute atomic E-state index is 11.5. The number of rotatable bonds is 6. The second-order valence-electron chi connectivity index (χ2n) is 4.22. The van der Waals surface area contributed by atoms with Crippen LogP contribution in [-0.4, -0.2) is 35.0 Å². The van der Waals surface area contributed by atoms with Crippen LogP contribution in [0.2, 0.25) is 0 Å². The lowest BCUT2D eigenvalue weighted by atomic mass is 9.99. The van der Waals surface area contributed by atoms with Gasteiger partial charge in [-0.05, 0) is 25.5 Å². The Kier molecular flexibility index (Phi) is 5.12. The van der Waals surface area contributed by atoms with E-state index in [0.717, 1.165) is 0 Å². The van der Waals surface area contributed by atoms with Gasteiger partial charge in [0, 0.05) is 13.0 Å². The minimum absolute atomic E-state index is 0.0837. The first-order valence-corrected chi connectivity index (χ1v) is 5.60.